The molecule has 0 radical (unpaired) electrons. The van der Waals surface area contributed by atoms with Gasteiger partial charge in [-0.3, -0.25) is 4.98 Å². The predicted octanol–water partition coefficient (Wildman–Crippen LogP) is 2.26. The zero-order chi connectivity index (χ0) is 11.4. The molecule has 0 fully saturated rings. The van der Waals surface area contributed by atoms with Crippen molar-refractivity contribution in [1.82, 2.24) is 4.98 Å². The van der Waals surface area contributed by atoms with Crippen molar-refractivity contribution < 1.29 is 8.85 Å². The van der Waals surface area contributed by atoms with Gasteiger partial charge in [0.25, 0.3) is 0 Å². The van der Waals surface area contributed by atoms with Crippen molar-refractivity contribution in [2.24, 2.45) is 5.92 Å². The molecule has 0 saturated heterocycles. The van der Waals surface area contributed by atoms with Gasteiger partial charge in [0.1, 0.15) is 0 Å². The number of hydrogen-bond acceptors (Lipinski definition) is 3. The average Bonchev–Trinajstić information content (AvgIpc) is 2.04. The summed E-state index contributed by atoms with van der Waals surface area (Å²) in [6.45, 7) is 11.8. The first-order valence-corrected chi connectivity index (χ1v) is 6.96. The van der Waals surface area contributed by atoms with E-state index < -0.39 is 8.72 Å². The van der Waals surface area contributed by atoms with E-state index in [-0.39, 0.29) is 5.04 Å². The van der Waals surface area contributed by atoms with Crippen LogP contribution in [0.4, 0.5) is 0 Å². The van der Waals surface area contributed by atoms with Gasteiger partial charge in [0, 0.05) is 19.3 Å². The van der Waals surface area contributed by atoms with Gasteiger partial charge in [0.15, 0.2) is 0 Å². The highest BCUT2D eigenvalue weighted by Gasteiger charge is 2.48. The van der Waals surface area contributed by atoms with Crippen LogP contribution in [0.15, 0.2) is 0 Å². The maximum absolute atomic E-state index is 5.61. The van der Waals surface area contributed by atoms with Gasteiger partial charge in [-0.15, -0.1) is 0 Å². The number of nitrogens with one attached hydrogen (secondary N) is 1. The van der Waals surface area contributed by atoms with Crippen LogP contribution >= 0.6 is 0 Å². The van der Waals surface area contributed by atoms with E-state index in [1.165, 1.54) is 0 Å². The largest absolute Gasteiger partial charge is 0.430 e. The van der Waals surface area contributed by atoms with Crippen LogP contribution in [0.5, 0.6) is 0 Å². The Hall–Kier alpha value is 0.0969. The summed E-state index contributed by atoms with van der Waals surface area (Å²) in [6, 6.07) is 0. The summed E-state index contributed by atoms with van der Waals surface area (Å²) >= 11 is 0. The fourth-order valence-electron chi connectivity index (χ4n) is 1.44. The minimum atomic E-state index is -2.26. The topological polar surface area (TPSA) is 30.5 Å². The Morgan fingerprint density at radius 2 is 1.57 bits per heavy atom. The van der Waals surface area contributed by atoms with Gasteiger partial charge >= 0.3 is 8.72 Å². The molecule has 0 aromatic rings. The first-order chi connectivity index (χ1) is 6.29. The molecule has 0 amide bonds. The van der Waals surface area contributed by atoms with Crippen molar-refractivity contribution in [3.05, 3.63) is 0 Å². The van der Waals surface area contributed by atoms with Gasteiger partial charge < -0.3 is 8.85 Å². The lowest BCUT2D eigenvalue weighted by molar-refractivity contribution is 0.197. The third kappa shape index (κ3) is 3.35. The van der Waals surface area contributed by atoms with Crippen LogP contribution in [-0.2, 0) is 8.85 Å². The molecule has 0 aromatic heterocycles. The quantitative estimate of drug-likeness (QED) is 0.720. The van der Waals surface area contributed by atoms with Crippen molar-refractivity contribution in [3.8, 4) is 0 Å². The SMILES string of the molecule is CO[Si](NCC(C)C)(OC)C(C)(C)C. The highest BCUT2D eigenvalue weighted by atomic mass is 28.4. The number of hydrogen-bond donors (Lipinski definition) is 1. The minimum absolute atomic E-state index is 0.0331. The highest BCUT2D eigenvalue weighted by molar-refractivity contribution is 6.67. The van der Waals surface area contributed by atoms with E-state index in [0.717, 1.165) is 6.54 Å². The Morgan fingerprint density at radius 3 is 1.79 bits per heavy atom. The highest BCUT2D eigenvalue weighted by Crippen LogP contribution is 2.34. The summed E-state index contributed by atoms with van der Waals surface area (Å²) in [5.74, 6) is 0.606. The molecule has 14 heavy (non-hydrogen) atoms. The van der Waals surface area contributed by atoms with Crippen molar-refractivity contribution in [3.63, 3.8) is 0 Å². The fourth-order valence-corrected chi connectivity index (χ4v) is 4.33. The van der Waals surface area contributed by atoms with E-state index in [9.17, 15) is 0 Å². The lowest BCUT2D eigenvalue weighted by Gasteiger charge is -2.39. The maximum atomic E-state index is 5.61. The molecule has 4 heteroatoms. The molecule has 0 atom stereocenters. The van der Waals surface area contributed by atoms with Gasteiger partial charge in [-0.2, -0.15) is 0 Å². The molecule has 0 aromatic carbocycles. The molecule has 0 aliphatic heterocycles. The van der Waals surface area contributed by atoms with Crippen LogP contribution in [0, 0.1) is 5.92 Å². The van der Waals surface area contributed by atoms with Crippen LogP contribution in [0.1, 0.15) is 34.6 Å². The van der Waals surface area contributed by atoms with Gasteiger partial charge in [0.05, 0.1) is 0 Å². The van der Waals surface area contributed by atoms with Gasteiger partial charge in [-0.25, -0.2) is 0 Å². The van der Waals surface area contributed by atoms with E-state index in [1.54, 1.807) is 14.2 Å². The lowest BCUT2D eigenvalue weighted by Crippen LogP contribution is -2.62. The first-order valence-electron chi connectivity index (χ1n) is 5.14. The van der Waals surface area contributed by atoms with Crippen molar-refractivity contribution in [2.45, 2.75) is 39.7 Å². The van der Waals surface area contributed by atoms with Crippen LogP contribution in [-0.4, -0.2) is 29.5 Å². The van der Waals surface area contributed by atoms with E-state index in [2.05, 4.69) is 39.6 Å². The third-order valence-corrected chi connectivity index (χ3v) is 6.10. The van der Waals surface area contributed by atoms with E-state index in [0.29, 0.717) is 5.92 Å². The molecular formula is C10H25NO2Si. The zero-order valence-electron chi connectivity index (χ0n) is 10.6. The second-order valence-corrected chi connectivity index (χ2v) is 8.95. The molecule has 1 N–H and O–H groups in total. The first kappa shape index (κ1) is 14.1. The Balaban J connectivity index is 4.55. The summed E-state index contributed by atoms with van der Waals surface area (Å²) in [7, 11) is 1.20. The van der Waals surface area contributed by atoms with E-state index in [4.69, 9.17) is 8.85 Å². The molecule has 0 spiro atoms. The lowest BCUT2D eigenvalue weighted by atomic mass is 10.2. The third-order valence-electron chi connectivity index (χ3n) is 2.31. The molecule has 0 bridgehead atoms. The second kappa shape index (κ2) is 5.26. The summed E-state index contributed by atoms with van der Waals surface area (Å²) in [5, 5.41) is 0.0331. The van der Waals surface area contributed by atoms with Crippen LogP contribution in [0.25, 0.3) is 0 Å². The van der Waals surface area contributed by atoms with Crippen molar-refractivity contribution in [1.29, 1.82) is 0 Å². The molecular weight excluding hydrogens is 194 g/mol. The average molecular weight is 219 g/mol. The van der Waals surface area contributed by atoms with Crippen LogP contribution in [0.2, 0.25) is 5.04 Å². The van der Waals surface area contributed by atoms with Crippen molar-refractivity contribution >= 4 is 8.72 Å². The Kier molecular flexibility index (Phi) is 5.29. The summed E-state index contributed by atoms with van der Waals surface area (Å²) in [4.78, 5) is 3.47. The van der Waals surface area contributed by atoms with Crippen molar-refractivity contribution in [2.75, 3.05) is 20.8 Å². The molecule has 0 aliphatic carbocycles. The molecule has 0 heterocycles. The molecule has 0 unspecified atom stereocenters. The van der Waals surface area contributed by atoms with Crippen LogP contribution in [0.3, 0.4) is 0 Å². The van der Waals surface area contributed by atoms with Gasteiger partial charge in [-0.05, 0) is 12.5 Å². The summed E-state index contributed by atoms with van der Waals surface area (Å²) in [5.41, 5.74) is 0. The second-order valence-electron chi connectivity index (χ2n) is 5.05. The smallest absolute Gasteiger partial charge is 0.386 e. The monoisotopic (exact) mass is 219 g/mol. The standard InChI is InChI=1S/C10H25NO2Si/c1-9(2)8-11-14(12-6,13-7)10(3,4)5/h9,11H,8H2,1-7H3. The Labute approximate surface area is 89.5 Å². The molecule has 86 valence electrons. The predicted molar refractivity (Wildman–Crippen MR) is 62.3 cm³/mol. The fraction of sp³-hybridized carbons (Fsp3) is 1.00. The molecule has 3 nitrogen and oxygen atoms in total. The van der Waals surface area contributed by atoms with Gasteiger partial charge in [-0.1, -0.05) is 34.6 Å². The molecule has 0 aliphatic rings. The molecule has 0 rings (SSSR count). The molecule has 0 saturated carbocycles. The Bertz CT molecular complexity index is 162. The zero-order valence-corrected chi connectivity index (χ0v) is 11.6. The summed E-state index contributed by atoms with van der Waals surface area (Å²) in [6.07, 6.45) is 0. The maximum Gasteiger partial charge on any atom is 0.430 e. The van der Waals surface area contributed by atoms with Gasteiger partial charge in [0.2, 0.25) is 0 Å². The Morgan fingerprint density at radius 1 is 1.14 bits per heavy atom. The normalized spacial score (nSPS) is 13.7. The minimum Gasteiger partial charge on any atom is -0.386 e. The summed E-state index contributed by atoms with van der Waals surface area (Å²) < 4.78 is 11.2. The number of rotatable bonds is 5. The van der Waals surface area contributed by atoms with E-state index in [1.807, 2.05) is 0 Å². The van der Waals surface area contributed by atoms with Crippen LogP contribution < -0.4 is 4.98 Å². The van der Waals surface area contributed by atoms with E-state index >= 15 is 0 Å².